The number of hydrogen-bond acceptors (Lipinski definition) is 5. The van der Waals surface area contributed by atoms with Crippen LogP contribution in [-0.2, 0) is 20.9 Å². The molecule has 1 aromatic carbocycles. The summed E-state index contributed by atoms with van der Waals surface area (Å²) in [7, 11) is 0. The number of ether oxygens (including phenoxy) is 2. The van der Waals surface area contributed by atoms with Gasteiger partial charge in [-0.1, -0.05) is 35.4 Å². The summed E-state index contributed by atoms with van der Waals surface area (Å²) in [6.07, 6.45) is -0.401. The topological polar surface area (TPSA) is 105 Å². The molecule has 0 unspecified atom stereocenters. The van der Waals surface area contributed by atoms with E-state index in [1.165, 1.54) is 4.90 Å². The number of amides is 1. The molecule has 0 spiro atoms. The average molecular weight is 346 g/mol. The fraction of sp³-hybridized carbons (Fsp3) is 0.529. The van der Waals surface area contributed by atoms with E-state index in [2.05, 4.69) is 10.0 Å². The highest BCUT2D eigenvalue weighted by molar-refractivity contribution is 5.82. The van der Waals surface area contributed by atoms with Crippen LogP contribution in [-0.4, -0.2) is 41.2 Å². The van der Waals surface area contributed by atoms with Gasteiger partial charge in [-0.3, -0.25) is 4.90 Å². The van der Waals surface area contributed by atoms with Crippen LogP contribution in [0, 0.1) is 0 Å². The van der Waals surface area contributed by atoms with Crippen LogP contribution in [0.1, 0.15) is 32.8 Å². The van der Waals surface area contributed by atoms with E-state index in [1.807, 2.05) is 30.3 Å². The molecule has 0 aliphatic carbocycles. The lowest BCUT2D eigenvalue weighted by Gasteiger charge is -2.27. The van der Waals surface area contributed by atoms with E-state index < -0.39 is 29.7 Å². The molecule has 2 rings (SSSR count). The summed E-state index contributed by atoms with van der Waals surface area (Å²) in [5.41, 5.74) is 8.79. The van der Waals surface area contributed by atoms with E-state index in [0.29, 0.717) is 0 Å². The second-order valence-electron chi connectivity index (χ2n) is 6.84. The van der Waals surface area contributed by atoms with Gasteiger partial charge in [0.05, 0.1) is 6.04 Å². The summed E-state index contributed by atoms with van der Waals surface area (Å²) in [6.45, 7) is 5.48. The van der Waals surface area contributed by atoms with Crippen molar-refractivity contribution >= 4 is 12.1 Å². The quantitative estimate of drug-likeness (QED) is 0.360. The molecule has 1 saturated heterocycles. The maximum absolute atomic E-state index is 12.4. The molecule has 134 valence electrons. The SMILES string of the molecule is CC(C)(C)OC(=O)N1C[C@H](N=[N+]=[N-])C[C@H]1C(=O)OCc1ccccc1. The lowest BCUT2D eigenvalue weighted by atomic mass is 10.2. The lowest BCUT2D eigenvalue weighted by Crippen LogP contribution is -2.44. The van der Waals surface area contributed by atoms with Gasteiger partial charge in [0.2, 0.25) is 0 Å². The molecule has 1 aliphatic rings. The van der Waals surface area contributed by atoms with Crippen molar-refractivity contribution in [2.24, 2.45) is 5.11 Å². The maximum atomic E-state index is 12.4. The highest BCUT2D eigenvalue weighted by Crippen LogP contribution is 2.24. The third kappa shape index (κ3) is 5.39. The van der Waals surface area contributed by atoms with Gasteiger partial charge in [-0.2, -0.15) is 0 Å². The largest absolute Gasteiger partial charge is 0.459 e. The second-order valence-corrected chi connectivity index (χ2v) is 6.84. The molecule has 8 heteroatoms. The molecule has 0 N–H and O–H groups in total. The van der Waals surface area contributed by atoms with Gasteiger partial charge in [-0.15, -0.1) is 0 Å². The fourth-order valence-corrected chi connectivity index (χ4v) is 2.54. The smallest absolute Gasteiger partial charge is 0.411 e. The molecule has 8 nitrogen and oxygen atoms in total. The predicted octanol–water partition coefficient (Wildman–Crippen LogP) is 3.42. The van der Waals surface area contributed by atoms with Crippen molar-refractivity contribution < 1.29 is 19.1 Å². The number of esters is 1. The Morgan fingerprint density at radius 1 is 1.32 bits per heavy atom. The minimum atomic E-state index is -0.825. The molecule has 1 aromatic rings. The molecule has 25 heavy (non-hydrogen) atoms. The van der Waals surface area contributed by atoms with Crippen LogP contribution in [0.2, 0.25) is 0 Å². The van der Waals surface area contributed by atoms with Crippen molar-refractivity contribution in [2.45, 2.75) is 51.5 Å². The Labute approximate surface area is 146 Å². The van der Waals surface area contributed by atoms with Gasteiger partial charge >= 0.3 is 12.1 Å². The Balaban J connectivity index is 2.06. The number of carbonyl (C=O) groups is 2. The summed E-state index contributed by atoms with van der Waals surface area (Å²) < 4.78 is 10.7. The van der Waals surface area contributed by atoms with E-state index >= 15 is 0 Å². The highest BCUT2D eigenvalue weighted by Gasteiger charge is 2.42. The monoisotopic (exact) mass is 346 g/mol. The molecule has 1 amide bonds. The van der Waals surface area contributed by atoms with Gasteiger partial charge in [-0.05, 0) is 38.3 Å². The number of azide groups is 1. The van der Waals surface area contributed by atoms with Crippen LogP contribution in [0.15, 0.2) is 35.4 Å². The summed E-state index contributed by atoms with van der Waals surface area (Å²) in [4.78, 5) is 28.8. The molecular weight excluding hydrogens is 324 g/mol. The molecule has 1 fully saturated rings. The summed E-state index contributed by atoms with van der Waals surface area (Å²) in [5, 5.41) is 3.63. The molecular formula is C17H22N4O4. The van der Waals surface area contributed by atoms with Crippen molar-refractivity contribution in [1.29, 1.82) is 0 Å². The molecule has 1 aliphatic heterocycles. The van der Waals surface area contributed by atoms with E-state index in [-0.39, 0.29) is 19.6 Å². The zero-order valence-electron chi connectivity index (χ0n) is 14.6. The van der Waals surface area contributed by atoms with Crippen LogP contribution in [0.3, 0.4) is 0 Å². The summed E-state index contributed by atoms with van der Waals surface area (Å²) >= 11 is 0. The second kappa shape index (κ2) is 7.90. The molecule has 0 saturated carbocycles. The van der Waals surface area contributed by atoms with Crippen LogP contribution in [0.25, 0.3) is 10.4 Å². The predicted molar refractivity (Wildman–Crippen MR) is 90.5 cm³/mol. The van der Waals surface area contributed by atoms with Crippen LogP contribution >= 0.6 is 0 Å². The van der Waals surface area contributed by atoms with Gasteiger partial charge in [0.15, 0.2) is 0 Å². The normalized spacial score (nSPS) is 19.9. The number of carbonyl (C=O) groups excluding carboxylic acids is 2. The van der Waals surface area contributed by atoms with Crippen LogP contribution in [0.4, 0.5) is 4.79 Å². The van der Waals surface area contributed by atoms with Gasteiger partial charge in [0.25, 0.3) is 0 Å². The van der Waals surface area contributed by atoms with Crippen molar-refractivity contribution in [2.75, 3.05) is 6.54 Å². The van der Waals surface area contributed by atoms with Crippen molar-refractivity contribution in [1.82, 2.24) is 4.90 Å². The highest BCUT2D eigenvalue weighted by atomic mass is 16.6. The molecule has 0 bridgehead atoms. The van der Waals surface area contributed by atoms with Crippen molar-refractivity contribution in [3.05, 3.63) is 46.3 Å². The molecule has 0 aromatic heterocycles. The number of likely N-dealkylation sites (tertiary alicyclic amines) is 1. The van der Waals surface area contributed by atoms with E-state index in [1.54, 1.807) is 20.8 Å². The maximum Gasteiger partial charge on any atom is 0.411 e. The first kappa shape index (κ1) is 18.6. The Kier molecular flexibility index (Phi) is 5.88. The Hall–Kier alpha value is -2.73. The van der Waals surface area contributed by atoms with Gasteiger partial charge in [0, 0.05) is 11.5 Å². The van der Waals surface area contributed by atoms with Crippen LogP contribution < -0.4 is 0 Å². The van der Waals surface area contributed by atoms with Crippen molar-refractivity contribution in [3.63, 3.8) is 0 Å². The first-order chi connectivity index (χ1) is 11.8. The van der Waals surface area contributed by atoms with E-state index in [4.69, 9.17) is 15.0 Å². The third-order valence-electron chi connectivity index (χ3n) is 3.62. The molecule has 1 heterocycles. The zero-order chi connectivity index (χ0) is 18.4. The third-order valence-corrected chi connectivity index (χ3v) is 3.62. The standard InChI is InChI=1S/C17H22N4O4/c1-17(2,3)25-16(23)21-10-13(19-20-18)9-14(21)15(22)24-11-12-7-5-4-6-8-12/h4-8,13-14H,9-11H2,1-3H3/t13-,14+/m1/s1. The Morgan fingerprint density at radius 3 is 2.60 bits per heavy atom. The zero-order valence-corrected chi connectivity index (χ0v) is 14.6. The van der Waals surface area contributed by atoms with Gasteiger partial charge in [0.1, 0.15) is 18.2 Å². The number of nitrogens with zero attached hydrogens (tertiary/aromatic N) is 4. The summed E-state index contributed by atoms with van der Waals surface area (Å²) in [6, 6.07) is 7.96. The number of hydrogen-bond donors (Lipinski definition) is 0. The average Bonchev–Trinajstić information content (AvgIpc) is 2.97. The fourth-order valence-electron chi connectivity index (χ4n) is 2.54. The Morgan fingerprint density at radius 2 is 2.00 bits per heavy atom. The van der Waals surface area contributed by atoms with Gasteiger partial charge < -0.3 is 9.47 Å². The van der Waals surface area contributed by atoms with E-state index in [0.717, 1.165) is 5.56 Å². The summed E-state index contributed by atoms with van der Waals surface area (Å²) in [5.74, 6) is -0.537. The molecule has 0 radical (unpaired) electrons. The van der Waals surface area contributed by atoms with Crippen LogP contribution in [0.5, 0.6) is 0 Å². The molecule has 2 atom stereocenters. The minimum absolute atomic E-state index is 0.116. The van der Waals surface area contributed by atoms with Crippen molar-refractivity contribution in [3.8, 4) is 0 Å². The Bertz CT molecular complexity index is 665. The first-order valence-corrected chi connectivity index (χ1v) is 8.04. The minimum Gasteiger partial charge on any atom is -0.459 e. The number of benzene rings is 1. The lowest BCUT2D eigenvalue weighted by molar-refractivity contribution is -0.150. The number of rotatable bonds is 4. The first-order valence-electron chi connectivity index (χ1n) is 8.04. The van der Waals surface area contributed by atoms with Gasteiger partial charge in [-0.25, -0.2) is 9.59 Å². The van der Waals surface area contributed by atoms with E-state index in [9.17, 15) is 9.59 Å².